The Morgan fingerprint density at radius 2 is 1.70 bits per heavy atom. The molecule has 3 aromatic rings. The van der Waals surface area contributed by atoms with Gasteiger partial charge >= 0.3 is 0 Å². The van der Waals surface area contributed by atoms with Crippen LogP contribution in [0, 0.1) is 5.41 Å². The van der Waals surface area contributed by atoms with Crippen LogP contribution < -0.4 is 9.46 Å². The molecule has 3 aliphatic carbocycles. The van der Waals surface area contributed by atoms with Gasteiger partial charge in [0, 0.05) is 41.7 Å². The smallest absolute Gasteiger partial charge is 0.264 e. The number of carbonyl (C=O) groups is 2. The standard InChI is InChI=1S/C34H37N3O5S/c1-42-23-10-14-25-27(18-23)28-19-34(28,33(39)36-15-5-6-16-36)20-37-29-17-22(32(38)35-43(40,41)24-11-12-24)9-13-26(29)30(31(25)37)21-7-3-2-4-8-21/h9-10,13-14,17-19,21,24H,2-8,11-12,15-16,20H2,1H3,(H,35,38). The van der Waals surface area contributed by atoms with Crippen molar-refractivity contribution in [2.45, 2.75) is 75.5 Å². The van der Waals surface area contributed by atoms with E-state index in [9.17, 15) is 18.0 Å². The maximum atomic E-state index is 14.2. The topological polar surface area (TPSA) is 97.7 Å². The van der Waals surface area contributed by atoms with Crippen LogP contribution in [-0.2, 0) is 21.4 Å². The third-order valence-electron chi connectivity index (χ3n) is 10.3. The van der Waals surface area contributed by atoms with E-state index in [4.69, 9.17) is 4.74 Å². The Morgan fingerprint density at radius 1 is 0.930 bits per heavy atom. The number of methoxy groups -OCH3 is 1. The minimum atomic E-state index is -3.68. The molecule has 1 aromatic heterocycles. The van der Waals surface area contributed by atoms with E-state index in [1.54, 1.807) is 13.2 Å². The second-order valence-electron chi connectivity index (χ2n) is 13.0. The number of aromatic nitrogens is 1. The molecule has 3 heterocycles. The normalized spacial score (nSPS) is 23.2. The zero-order valence-corrected chi connectivity index (χ0v) is 25.3. The van der Waals surface area contributed by atoms with Crippen LogP contribution in [0.25, 0.3) is 27.7 Å². The van der Waals surface area contributed by atoms with Gasteiger partial charge in [-0.2, -0.15) is 0 Å². The van der Waals surface area contributed by atoms with E-state index in [0.29, 0.717) is 30.9 Å². The Morgan fingerprint density at radius 3 is 2.42 bits per heavy atom. The first-order chi connectivity index (χ1) is 20.8. The van der Waals surface area contributed by atoms with Gasteiger partial charge in [-0.05, 0) is 91.5 Å². The highest BCUT2D eigenvalue weighted by Gasteiger charge is 2.56. The first-order valence-electron chi connectivity index (χ1n) is 15.7. The van der Waals surface area contributed by atoms with Crippen LogP contribution in [0.1, 0.15) is 85.2 Å². The number of rotatable bonds is 6. The van der Waals surface area contributed by atoms with Crippen LogP contribution in [0.3, 0.4) is 0 Å². The van der Waals surface area contributed by atoms with Crippen molar-refractivity contribution in [1.82, 2.24) is 14.2 Å². The maximum absolute atomic E-state index is 14.2. The van der Waals surface area contributed by atoms with Gasteiger partial charge in [-0.25, -0.2) is 13.1 Å². The SMILES string of the molecule is COc1ccc2c(c1)C1=CC1(C(=O)N1CCCC1)Cn1c-2c(C2CCCCC2)c2ccc(C(=O)NS(=O)(=O)C3CC3)cc21. The van der Waals surface area contributed by atoms with Crippen molar-refractivity contribution in [1.29, 1.82) is 0 Å². The van der Waals surface area contributed by atoms with Gasteiger partial charge in [0.15, 0.2) is 0 Å². The molecule has 1 unspecified atom stereocenters. The van der Waals surface area contributed by atoms with Crippen LogP contribution >= 0.6 is 0 Å². The molecular weight excluding hydrogens is 562 g/mol. The molecule has 2 amide bonds. The average molecular weight is 600 g/mol. The molecule has 2 saturated carbocycles. The minimum absolute atomic E-state index is 0.145. The van der Waals surface area contributed by atoms with Gasteiger partial charge in [0.1, 0.15) is 11.2 Å². The van der Waals surface area contributed by atoms with Gasteiger partial charge in [-0.15, -0.1) is 0 Å². The number of hydrogen-bond acceptors (Lipinski definition) is 5. The second-order valence-corrected chi connectivity index (χ2v) is 15.0. The van der Waals surface area contributed by atoms with Crippen LogP contribution in [0.2, 0.25) is 0 Å². The first kappa shape index (κ1) is 27.0. The molecule has 5 aliphatic rings. The Kier molecular flexibility index (Phi) is 6.09. The molecule has 0 spiro atoms. The Labute approximate surface area is 252 Å². The fourth-order valence-electron chi connectivity index (χ4n) is 7.86. The summed E-state index contributed by atoms with van der Waals surface area (Å²) in [5, 5.41) is 0.602. The molecule has 0 bridgehead atoms. The molecule has 9 heteroatoms. The van der Waals surface area contributed by atoms with Crippen molar-refractivity contribution in [2.75, 3.05) is 20.2 Å². The van der Waals surface area contributed by atoms with Gasteiger partial charge in [-0.3, -0.25) is 9.59 Å². The summed E-state index contributed by atoms with van der Waals surface area (Å²) in [6.45, 7) is 2.01. The molecule has 2 aromatic carbocycles. The van der Waals surface area contributed by atoms with Crippen molar-refractivity contribution in [3.63, 3.8) is 0 Å². The van der Waals surface area contributed by atoms with Crippen molar-refractivity contribution in [3.8, 4) is 17.0 Å². The van der Waals surface area contributed by atoms with Crippen LogP contribution in [0.5, 0.6) is 5.75 Å². The lowest BCUT2D eigenvalue weighted by molar-refractivity contribution is -0.134. The monoisotopic (exact) mass is 599 g/mol. The summed E-state index contributed by atoms with van der Waals surface area (Å²) in [5.41, 5.74) is 6.01. The van der Waals surface area contributed by atoms with Crippen molar-refractivity contribution >= 4 is 38.3 Å². The van der Waals surface area contributed by atoms with E-state index >= 15 is 0 Å². The molecule has 8 nitrogen and oxygen atoms in total. The predicted molar refractivity (Wildman–Crippen MR) is 165 cm³/mol. The molecule has 8 rings (SSSR count). The molecule has 1 saturated heterocycles. The highest BCUT2D eigenvalue weighted by Crippen LogP contribution is 2.60. The first-order valence-corrected chi connectivity index (χ1v) is 17.3. The fraction of sp³-hybridized carbons (Fsp3) is 0.471. The fourth-order valence-corrected chi connectivity index (χ4v) is 9.16. The van der Waals surface area contributed by atoms with Gasteiger partial charge in [-0.1, -0.05) is 31.4 Å². The van der Waals surface area contributed by atoms with E-state index in [1.807, 2.05) is 23.1 Å². The number of sulfonamides is 1. The summed E-state index contributed by atoms with van der Waals surface area (Å²) in [7, 11) is -2.01. The lowest BCUT2D eigenvalue weighted by atomic mass is 9.81. The Hall–Kier alpha value is -3.59. The molecular formula is C34H37N3O5S. The van der Waals surface area contributed by atoms with E-state index in [-0.39, 0.29) is 5.91 Å². The molecule has 224 valence electrons. The Bertz CT molecular complexity index is 1820. The number of amides is 2. The van der Waals surface area contributed by atoms with Gasteiger partial charge in [0.25, 0.3) is 5.91 Å². The van der Waals surface area contributed by atoms with Crippen molar-refractivity contribution < 1.29 is 22.7 Å². The van der Waals surface area contributed by atoms with Gasteiger partial charge in [0.2, 0.25) is 15.9 Å². The summed E-state index contributed by atoms with van der Waals surface area (Å²) in [5.74, 6) is 0.669. The van der Waals surface area contributed by atoms with E-state index in [1.165, 1.54) is 24.8 Å². The predicted octanol–water partition coefficient (Wildman–Crippen LogP) is 5.61. The third kappa shape index (κ3) is 4.25. The zero-order chi connectivity index (χ0) is 29.5. The molecule has 2 aliphatic heterocycles. The van der Waals surface area contributed by atoms with Crippen LogP contribution in [0.15, 0.2) is 42.5 Å². The molecule has 1 atom stereocenters. The summed E-state index contributed by atoms with van der Waals surface area (Å²) >= 11 is 0. The Balaban J connectivity index is 1.34. The number of hydrogen-bond donors (Lipinski definition) is 1. The van der Waals surface area contributed by atoms with E-state index in [0.717, 1.165) is 77.8 Å². The number of likely N-dealkylation sites (tertiary alicyclic amines) is 1. The highest BCUT2D eigenvalue weighted by molar-refractivity contribution is 7.91. The maximum Gasteiger partial charge on any atom is 0.264 e. The zero-order valence-electron chi connectivity index (χ0n) is 24.5. The highest BCUT2D eigenvalue weighted by atomic mass is 32.2. The molecule has 3 fully saturated rings. The number of carbonyl (C=O) groups excluding carboxylic acids is 2. The molecule has 1 N–H and O–H groups in total. The second kappa shape index (κ2) is 9.71. The van der Waals surface area contributed by atoms with Crippen LogP contribution in [0.4, 0.5) is 0 Å². The number of benzene rings is 2. The number of ether oxygens (including phenoxy) is 1. The summed E-state index contributed by atoms with van der Waals surface area (Å²) in [6.07, 6.45) is 11.1. The summed E-state index contributed by atoms with van der Waals surface area (Å²) < 4.78 is 35.5. The lowest BCUT2D eigenvalue weighted by Gasteiger charge is -2.25. The third-order valence-corrected chi connectivity index (χ3v) is 12.1. The number of fused-ring (bicyclic) bond motifs is 7. The average Bonchev–Trinajstić information content (AvgIpc) is 3.92. The van der Waals surface area contributed by atoms with Crippen molar-refractivity contribution in [3.05, 3.63) is 59.2 Å². The van der Waals surface area contributed by atoms with Crippen LogP contribution in [-0.4, -0.2) is 55.1 Å². The quantitative estimate of drug-likeness (QED) is 0.398. The van der Waals surface area contributed by atoms with E-state index in [2.05, 4.69) is 27.5 Å². The number of nitrogens with one attached hydrogen (secondary N) is 1. The van der Waals surface area contributed by atoms with Gasteiger partial charge < -0.3 is 14.2 Å². The van der Waals surface area contributed by atoms with Crippen molar-refractivity contribution in [2.24, 2.45) is 5.41 Å². The lowest BCUT2D eigenvalue weighted by Crippen LogP contribution is -2.38. The molecule has 43 heavy (non-hydrogen) atoms. The molecule has 0 radical (unpaired) electrons. The van der Waals surface area contributed by atoms with E-state index < -0.39 is 26.6 Å². The van der Waals surface area contributed by atoms with Gasteiger partial charge in [0.05, 0.1) is 18.1 Å². The summed E-state index contributed by atoms with van der Waals surface area (Å²) in [6, 6.07) is 11.8. The summed E-state index contributed by atoms with van der Waals surface area (Å²) in [4.78, 5) is 29.5. The minimum Gasteiger partial charge on any atom is -0.497 e. The largest absolute Gasteiger partial charge is 0.497 e. The number of nitrogens with zero attached hydrogens (tertiary/aromatic N) is 2.